The number of nitrogens with one attached hydrogen (secondary N) is 1. The second kappa shape index (κ2) is 6.19. The van der Waals surface area contributed by atoms with E-state index < -0.39 is 10.0 Å². The summed E-state index contributed by atoms with van der Waals surface area (Å²) in [6, 6.07) is 12.4. The minimum absolute atomic E-state index is 0.0968. The van der Waals surface area contributed by atoms with Crippen molar-refractivity contribution in [3.8, 4) is 5.75 Å². The highest BCUT2D eigenvalue weighted by Gasteiger charge is 2.10. The molecule has 19 heavy (non-hydrogen) atoms. The number of para-hydroxylation sites is 1. The number of nitrogens with zero attached hydrogens (tertiary/aromatic N) is 1. The first-order valence-corrected chi connectivity index (χ1v) is 7.39. The van der Waals surface area contributed by atoms with Gasteiger partial charge in [-0.25, -0.2) is 8.42 Å². The summed E-state index contributed by atoms with van der Waals surface area (Å²) in [5.74, 6) is 0.538. The maximum atomic E-state index is 11.8. The molecule has 100 valence electrons. The van der Waals surface area contributed by atoms with E-state index in [2.05, 4.69) is 9.71 Å². The first kappa shape index (κ1) is 13.4. The molecule has 0 bridgehead atoms. The fraction of sp³-hybridized carbons (Fsp3) is 0.154. The van der Waals surface area contributed by atoms with E-state index >= 15 is 0 Å². The lowest BCUT2D eigenvalue weighted by atomic mass is 10.3. The van der Waals surface area contributed by atoms with Gasteiger partial charge >= 0.3 is 0 Å². The van der Waals surface area contributed by atoms with Gasteiger partial charge in [-0.2, -0.15) is 0 Å². The Kier molecular flexibility index (Phi) is 4.35. The van der Waals surface area contributed by atoms with Gasteiger partial charge in [-0.1, -0.05) is 18.2 Å². The van der Waals surface area contributed by atoms with E-state index in [4.69, 9.17) is 4.74 Å². The fourth-order valence-electron chi connectivity index (χ4n) is 1.44. The molecule has 0 aliphatic rings. The van der Waals surface area contributed by atoms with Crippen molar-refractivity contribution in [3.05, 3.63) is 54.9 Å². The lowest BCUT2D eigenvalue weighted by molar-refractivity contribution is 0.341. The predicted molar refractivity (Wildman–Crippen MR) is 73.6 cm³/mol. The first-order chi connectivity index (χ1) is 9.16. The Bertz CT molecular complexity index is 600. The molecule has 5 nitrogen and oxygen atoms in total. The van der Waals surface area contributed by atoms with Crippen LogP contribution >= 0.6 is 0 Å². The number of benzene rings is 1. The molecule has 6 heteroatoms. The first-order valence-electron chi connectivity index (χ1n) is 5.74. The van der Waals surface area contributed by atoms with Gasteiger partial charge in [-0.05, 0) is 24.3 Å². The molecule has 0 radical (unpaired) electrons. The van der Waals surface area contributed by atoms with Gasteiger partial charge in [-0.3, -0.25) is 9.71 Å². The van der Waals surface area contributed by atoms with Crippen molar-refractivity contribution in [2.24, 2.45) is 0 Å². The Morgan fingerprint density at radius 1 is 1.11 bits per heavy atom. The highest BCUT2D eigenvalue weighted by Crippen LogP contribution is 2.09. The summed E-state index contributed by atoms with van der Waals surface area (Å²) in [6.07, 6.45) is 3.03. The number of hydrogen-bond acceptors (Lipinski definition) is 4. The van der Waals surface area contributed by atoms with Gasteiger partial charge in [0.1, 0.15) is 18.1 Å². The molecule has 2 rings (SSSR count). The average Bonchev–Trinajstić information content (AvgIpc) is 2.40. The molecule has 1 N–H and O–H groups in total. The molecule has 1 aromatic heterocycles. The van der Waals surface area contributed by atoms with Crippen LogP contribution in [-0.4, -0.2) is 25.8 Å². The van der Waals surface area contributed by atoms with Crippen molar-refractivity contribution < 1.29 is 13.2 Å². The predicted octanol–water partition coefficient (Wildman–Crippen LogP) is 1.90. The zero-order chi connectivity index (χ0) is 13.6. The highest BCUT2D eigenvalue weighted by atomic mass is 32.2. The van der Waals surface area contributed by atoms with Crippen molar-refractivity contribution >= 4 is 15.7 Å². The van der Waals surface area contributed by atoms with Crippen LogP contribution in [0.25, 0.3) is 0 Å². The van der Waals surface area contributed by atoms with Gasteiger partial charge in [0.05, 0.1) is 11.9 Å². The third kappa shape index (κ3) is 4.59. The molecule has 0 spiro atoms. The Hall–Kier alpha value is -2.08. The molecule has 0 saturated carbocycles. The third-order valence-electron chi connectivity index (χ3n) is 2.30. The molecule has 0 aliphatic carbocycles. The summed E-state index contributed by atoms with van der Waals surface area (Å²) < 4.78 is 31.3. The number of sulfonamides is 1. The van der Waals surface area contributed by atoms with E-state index in [1.807, 2.05) is 18.2 Å². The molecule has 2 aromatic rings. The summed E-state index contributed by atoms with van der Waals surface area (Å²) in [5.41, 5.74) is 0.446. The van der Waals surface area contributed by atoms with Gasteiger partial charge in [0.25, 0.3) is 0 Å². The quantitative estimate of drug-likeness (QED) is 0.876. The molecule has 0 fully saturated rings. The topological polar surface area (TPSA) is 68.3 Å². The molecular weight excluding hydrogens is 264 g/mol. The molecular formula is C13H14N2O3S. The van der Waals surface area contributed by atoms with E-state index in [0.29, 0.717) is 11.4 Å². The number of aromatic nitrogens is 1. The molecule has 0 unspecified atom stereocenters. The van der Waals surface area contributed by atoms with E-state index in [0.717, 1.165) is 0 Å². The van der Waals surface area contributed by atoms with Crippen molar-refractivity contribution in [1.82, 2.24) is 4.98 Å². The van der Waals surface area contributed by atoms with E-state index in [1.165, 1.54) is 6.20 Å². The van der Waals surface area contributed by atoms with Crippen LogP contribution in [0.2, 0.25) is 0 Å². The lowest BCUT2D eigenvalue weighted by Crippen LogP contribution is -2.21. The molecule has 0 saturated heterocycles. The zero-order valence-corrected chi connectivity index (χ0v) is 11.0. The van der Waals surface area contributed by atoms with E-state index in [1.54, 1.807) is 30.5 Å². The van der Waals surface area contributed by atoms with E-state index in [-0.39, 0.29) is 12.4 Å². The van der Waals surface area contributed by atoms with Gasteiger partial charge in [0.2, 0.25) is 10.0 Å². The van der Waals surface area contributed by atoms with Crippen LogP contribution in [0.4, 0.5) is 5.69 Å². The Labute approximate surface area is 112 Å². The van der Waals surface area contributed by atoms with Gasteiger partial charge in [0, 0.05) is 6.20 Å². The summed E-state index contributed by atoms with van der Waals surface area (Å²) in [7, 11) is -3.42. The highest BCUT2D eigenvalue weighted by molar-refractivity contribution is 7.92. The summed E-state index contributed by atoms with van der Waals surface area (Å²) in [4.78, 5) is 3.84. The van der Waals surface area contributed by atoms with Crippen LogP contribution in [0.1, 0.15) is 0 Å². The molecule has 0 aliphatic heterocycles. The SMILES string of the molecule is O=S(=O)(CCOc1ccccc1)Nc1cccnc1. The van der Waals surface area contributed by atoms with Crippen LogP contribution in [-0.2, 0) is 10.0 Å². The number of ether oxygens (including phenoxy) is 1. The summed E-state index contributed by atoms with van der Waals surface area (Å²) >= 11 is 0. The standard InChI is InChI=1S/C13H14N2O3S/c16-19(17,15-12-5-4-8-14-11-12)10-9-18-13-6-2-1-3-7-13/h1-8,11,15H,9-10H2. The van der Waals surface area contributed by atoms with Crippen molar-refractivity contribution in [2.45, 2.75) is 0 Å². The number of hydrogen-bond donors (Lipinski definition) is 1. The molecule has 0 amide bonds. The minimum atomic E-state index is -3.42. The number of rotatable bonds is 6. The van der Waals surface area contributed by atoms with Crippen LogP contribution in [0.5, 0.6) is 5.75 Å². The zero-order valence-electron chi connectivity index (χ0n) is 10.2. The minimum Gasteiger partial charge on any atom is -0.492 e. The van der Waals surface area contributed by atoms with Crippen molar-refractivity contribution in [2.75, 3.05) is 17.1 Å². The number of anilines is 1. The van der Waals surface area contributed by atoms with Crippen molar-refractivity contribution in [1.29, 1.82) is 0 Å². The Morgan fingerprint density at radius 3 is 2.58 bits per heavy atom. The molecule has 1 aromatic carbocycles. The average molecular weight is 278 g/mol. The largest absolute Gasteiger partial charge is 0.492 e. The van der Waals surface area contributed by atoms with Crippen LogP contribution in [0.3, 0.4) is 0 Å². The van der Waals surface area contributed by atoms with Crippen LogP contribution < -0.4 is 9.46 Å². The third-order valence-corrected chi connectivity index (χ3v) is 3.55. The van der Waals surface area contributed by atoms with Crippen molar-refractivity contribution in [3.63, 3.8) is 0 Å². The summed E-state index contributed by atoms with van der Waals surface area (Å²) in [6.45, 7) is 0.0968. The molecule has 1 heterocycles. The molecule has 0 atom stereocenters. The van der Waals surface area contributed by atoms with E-state index in [9.17, 15) is 8.42 Å². The Balaban J connectivity index is 1.85. The fourth-order valence-corrected chi connectivity index (χ4v) is 2.32. The normalized spacial score (nSPS) is 10.9. The van der Waals surface area contributed by atoms with Gasteiger partial charge in [-0.15, -0.1) is 0 Å². The van der Waals surface area contributed by atoms with Gasteiger partial charge in [0.15, 0.2) is 0 Å². The van der Waals surface area contributed by atoms with Crippen LogP contribution in [0, 0.1) is 0 Å². The smallest absolute Gasteiger partial charge is 0.236 e. The van der Waals surface area contributed by atoms with Crippen LogP contribution in [0.15, 0.2) is 54.9 Å². The summed E-state index contributed by atoms with van der Waals surface area (Å²) in [5, 5.41) is 0. The van der Waals surface area contributed by atoms with Gasteiger partial charge < -0.3 is 4.74 Å². The lowest BCUT2D eigenvalue weighted by Gasteiger charge is -2.08. The Morgan fingerprint density at radius 2 is 1.89 bits per heavy atom. The second-order valence-electron chi connectivity index (χ2n) is 3.82. The maximum absolute atomic E-state index is 11.8. The monoisotopic (exact) mass is 278 g/mol. The second-order valence-corrected chi connectivity index (χ2v) is 5.67. The maximum Gasteiger partial charge on any atom is 0.236 e. The number of pyridine rings is 1.